The highest BCUT2D eigenvalue weighted by Crippen LogP contribution is 2.33. The van der Waals surface area contributed by atoms with Crippen LogP contribution in [-0.4, -0.2) is 46.8 Å². The third-order valence-corrected chi connectivity index (χ3v) is 9.22. The summed E-state index contributed by atoms with van der Waals surface area (Å²) in [6.45, 7) is 1.41. The van der Waals surface area contributed by atoms with Crippen LogP contribution in [0.2, 0.25) is 0 Å². The van der Waals surface area contributed by atoms with E-state index in [4.69, 9.17) is 26.7 Å². The minimum Gasteiger partial charge on any atom is -0.480 e. The van der Waals surface area contributed by atoms with E-state index in [1.807, 2.05) is 17.3 Å². The van der Waals surface area contributed by atoms with Gasteiger partial charge in [0.1, 0.15) is 6.04 Å². The molecule has 1 fully saturated rings. The molecule has 3 aromatic carbocycles. The molecule has 7 N–H and O–H groups in total. The fraction of sp³-hybridized carbons (Fsp3) is 0.361. The van der Waals surface area contributed by atoms with Gasteiger partial charge >= 0.3 is 11.9 Å². The van der Waals surface area contributed by atoms with E-state index in [0.717, 1.165) is 53.1 Å². The molecule has 5 rings (SSSR count). The van der Waals surface area contributed by atoms with Crippen LogP contribution >= 0.6 is 11.3 Å². The second-order valence-corrected chi connectivity index (χ2v) is 12.5. The van der Waals surface area contributed by atoms with Gasteiger partial charge in [0.15, 0.2) is 5.13 Å². The lowest BCUT2D eigenvalue weighted by Crippen LogP contribution is -2.29. The van der Waals surface area contributed by atoms with Gasteiger partial charge < -0.3 is 31.9 Å². The lowest BCUT2D eigenvalue weighted by molar-refractivity contribution is -0.138. The second kappa shape index (κ2) is 17.4. The third-order valence-electron chi connectivity index (χ3n) is 8.30. The SMILES string of the molecule is CN(c1ccc(C(=O)O)cc1)c1nc(-c2ccc(NCc3ccc(C4CCCCC4)cc3)cc2)cs1.NCCCC[C@H](N)C(=O)O. The minimum absolute atomic E-state index is 0.275. The molecule has 0 unspecified atom stereocenters. The number of thiazole rings is 1. The molecule has 1 atom stereocenters. The maximum atomic E-state index is 11.1. The van der Waals surface area contributed by atoms with Crippen molar-refractivity contribution in [2.24, 2.45) is 11.5 Å². The van der Waals surface area contributed by atoms with Crippen LogP contribution in [0.1, 0.15) is 78.8 Å². The van der Waals surface area contributed by atoms with Gasteiger partial charge in [-0.15, -0.1) is 11.3 Å². The molecule has 4 aromatic rings. The molecule has 10 heteroatoms. The van der Waals surface area contributed by atoms with E-state index in [1.54, 1.807) is 35.6 Å². The van der Waals surface area contributed by atoms with Gasteiger partial charge in [-0.05, 0) is 85.7 Å². The largest absolute Gasteiger partial charge is 0.480 e. The number of benzene rings is 3. The van der Waals surface area contributed by atoms with Crippen molar-refractivity contribution >= 4 is 39.8 Å². The predicted molar refractivity (Wildman–Crippen MR) is 187 cm³/mol. The Morgan fingerprint density at radius 3 is 2.24 bits per heavy atom. The van der Waals surface area contributed by atoms with E-state index in [9.17, 15) is 9.59 Å². The number of nitrogens with one attached hydrogen (secondary N) is 1. The first-order valence-electron chi connectivity index (χ1n) is 15.9. The zero-order chi connectivity index (χ0) is 32.9. The second-order valence-electron chi connectivity index (χ2n) is 11.7. The number of aromatic carboxylic acids is 1. The highest BCUT2D eigenvalue weighted by molar-refractivity contribution is 7.14. The number of aromatic nitrogens is 1. The Morgan fingerprint density at radius 1 is 0.957 bits per heavy atom. The van der Waals surface area contributed by atoms with Crippen molar-refractivity contribution in [1.29, 1.82) is 0 Å². The first kappa shape index (κ1) is 34.6. The van der Waals surface area contributed by atoms with Gasteiger partial charge in [0.05, 0.1) is 11.3 Å². The molecule has 0 bridgehead atoms. The first-order valence-corrected chi connectivity index (χ1v) is 16.8. The van der Waals surface area contributed by atoms with E-state index < -0.39 is 18.0 Å². The summed E-state index contributed by atoms with van der Waals surface area (Å²) in [4.78, 5) is 28.0. The Balaban J connectivity index is 0.000000416. The molecule has 0 aliphatic heterocycles. The number of carboxylic acids is 2. The van der Waals surface area contributed by atoms with E-state index >= 15 is 0 Å². The standard InChI is InChI=1S/C30H31N3O2S.C6H14N2O2/c1-33(27-17-13-25(14-18-27)29(34)35)30-32-28(20-36-30)24-11-15-26(16-12-24)31-19-21-7-9-23(10-8-21)22-5-3-2-4-6-22;7-4-2-1-3-5(8)6(9)10/h7-18,20,22,31H,2-6,19H2,1H3,(H,34,35);5H,1-4,7-8H2,(H,9,10)/t;5-/m.0/s1. The Morgan fingerprint density at radius 2 is 1.63 bits per heavy atom. The monoisotopic (exact) mass is 643 g/mol. The third kappa shape index (κ3) is 10.1. The molecule has 244 valence electrons. The van der Waals surface area contributed by atoms with Crippen molar-refractivity contribution in [3.63, 3.8) is 0 Å². The van der Waals surface area contributed by atoms with Crippen LogP contribution in [0.15, 0.2) is 78.2 Å². The summed E-state index contributed by atoms with van der Waals surface area (Å²) in [5.74, 6) is -1.11. The molecule has 1 aromatic heterocycles. The van der Waals surface area contributed by atoms with Crippen molar-refractivity contribution in [1.82, 2.24) is 4.98 Å². The molecular formula is C36H45N5O4S. The molecule has 0 saturated heterocycles. The molecule has 9 nitrogen and oxygen atoms in total. The summed E-state index contributed by atoms with van der Waals surface area (Å²) in [5, 5.41) is 23.9. The van der Waals surface area contributed by atoms with Gasteiger partial charge in [0.2, 0.25) is 0 Å². The summed E-state index contributed by atoms with van der Waals surface area (Å²) in [6, 6.07) is 23.6. The number of hydrogen-bond acceptors (Lipinski definition) is 8. The van der Waals surface area contributed by atoms with Crippen molar-refractivity contribution in [3.05, 3.63) is 94.9 Å². The van der Waals surface area contributed by atoms with Crippen molar-refractivity contribution in [2.45, 2.75) is 69.9 Å². The molecule has 1 saturated carbocycles. The maximum absolute atomic E-state index is 11.1. The number of carbonyl (C=O) groups is 2. The Bertz CT molecular complexity index is 1520. The number of carboxylic acid groups (broad SMARTS) is 2. The average molecular weight is 644 g/mol. The van der Waals surface area contributed by atoms with Gasteiger partial charge in [-0.25, -0.2) is 9.78 Å². The van der Waals surface area contributed by atoms with Gasteiger partial charge in [-0.1, -0.05) is 62.1 Å². The van der Waals surface area contributed by atoms with Crippen LogP contribution in [0.4, 0.5) is 16.5 Å². The van der Waals surface area contributed by atoms with Gasteiger partial charge in [0, 0.05) is 35.9 Å². The summed E-state index contributed by atoms with van der Waals surface area (Å²) < 4.78 is 0. The molecule has 1 aliphatic carbocycles. The fourth-order valence-electron chi connectivity index (χ4n) is 5.43. The maximum Gasteiger partial charge on any atom is 0.335 e. The number of hydrogen-bond donors (Lipinski definition) is 5. The number of rotatable bonds is 13. The quantitative estimate of drug-likeness (QED) is 0.0934. The normalized spacial score (nSPS) is 13.7. The smallest absolute Gasteiger partial charge is 0.335 e. The summed E-state index contributed by atoms with van der Waals surface area (Å²) in [5.41, 5.74) is 17.5. The Labute approximate surface area is 275 Å². The summed E-state index contributed by atoms with van der Waals surface area (Å²) in [6.07, 6.45) is 8.96. The van der Waals surface area contributed by atoms with Crippen LogP contribution in [-0.2, 0) is 11.3 Å². The lowest BCUT2D eigenvalue weighted by Gasteiger charge is -2.22. The zero-order valence-corrected chi connectivity index (χ0v) is 27.2. The first-order chi connectivity index (χ1) is 22.2. The number of aliphatic carboxylic acids is 1. The zero-order valence-electron chi connectivity index (χ0n) is 26.4. The number of anilines is 3. The van der Waals surface area contributed by atoms with E-state index in [-0.39, 0.29) is 5.56 Å². The topological polar surface area (TPSA) is 155 Å². The summed E-state index contributed by atoms with van der Waals surface area (Å²) >= 11 is 1.56. The Hall–Kier alpha value is -4.25. The average Bonchev–Trinajstić information content (AvgIpc) is 3.59. The highest BCUT2D eigenvalue weighted by atomic mass is 32.1. The van der Waals surface area contributed by atoms with E-state index in [0.29, 0.717) is 13.0 Å². The van der Waals surface area contributed by atoms with Gasteiger partial charge in [0.25, 0.3) is 0 Å². The van der Waals surface area contributed by atoms with Crippen molar-refractivity contribution in [3.8, 4) is 11.3 Å². The van der Waals surface area contributed by atoms with Crippen LogP contribution < -0.4 is 21.7 Å². The van der Waals surface area contributed by atoms with Crippen LogP contribution in [0.25, 0.3) is 11.3 Å². The van der Waals surface area contributed by atoms with Gasteiger partial charge in [-0.3, -0.25) is 4.79 Å². The van der Waals surface area contributed by atoms with Crippen molar-refractivity contribution < 1.29 is 19.8 Å². The molecular weight excluding hydrogens is 598 g/mol. The fourth-order valence-corrected chi connectivity index (χ4v) is 6.25. The molecule has 0 amide bonds. The number of unbranched alkanes of at least 4 members (excludes halogenated alkanes) is 1. The van der Waals surface area contributed by atoms with Crippen molar-refractivity contribution in [2.75, 3.05) is 23.8 Å². The highest BCUT2D eigenvalue weighted by Gasteiger charge is 2.15. The number of nitrogens with two attached hydrogens (primary N) is 2. The molecule has 1 heterocycles. The molecule has 1 aliphatic rings. The van der Waals surface area contributed by atoms with E-state index in [1.165, 1.54) is 43.2 Å². The molecule has 0 spiro atoms. The molecule has 46 heavy (non-hydrogen) atoms. The summed E-state index contributed by atoms with van der Waals surface area (Å²) in [7, 11) is 1.94. The van der Waals surface area contributed by atoms with Crippen LogP contribution in [0, 0.1) is 0 Å². The minimum atomic E-state index is -0.933. The van der Waals surface area contributed by atoms with Gasteiger partial charge in [-0.2, -0.15) is 0 Å². The number of nitrogens with zero attached hydrogens (tertiary/aromatic N) is 2. The van der Waals surface area contributed by atoms with E-state index in [2.05, 4.69) is 53.8 Å². The molecule has 0 radical (unpaired) electrons. The van der Waals surface area contributed by atoms with Crippen LogP contribution in [0.3, 0.4) is 0 Å². The van der Waals surface area contributed by atoms with Crippen LogP contribution in [0.5, 0.6) is 0 Å². The predicted octanol–water partition coefficient (Wildman–Crippen LogP) is 7.46. The Kier molecular flexibility index (Phi) is 13.1. The lowest BCUT2D eigenvalue weighted by atomic mass is 9.84.